The van der Waals surface area contributed by atoms with Crippen LogP contribution in [0.5, 0.6) is 5.75 Å². The number of hydrogen-bond acceptors (Lipinski definition) is 8. The highest BCUT2D eigenvalue weighted by atomic mass is 35.5. The minimum absolute atomic E-state index is 0.217. The summed E-state index contributed by atoms with van der Waals surface area (Å²) < 4.78 is 5.59. The van der Waals surface area contributed by atoms with Gasteiger partial charge in [-0.15, -0.1) is 0 Å². The zero-order valence-electron chi connectivity index (χ0n) is 21.9. The molecule has 4 aromatic rings. The Morgan fingerprint density at radius 1 is 0.975 bits per heavy atom. The van der Waals surface area contributed by atoms with Gasteiger partial charge in [0.05, 0.1) is 30.2 Å². The van der Waals surface area contributed by atoms with Crippen LogP contribution in [0.2, 0.25) is 5.02 Å². The van der Waals surface area contributed by atoms with Gasteiger partial charge in [-0.25, -0.2) is 4.98 Å². The molecule has 1 aromatic heterocycles. The third-order valence-corrected chi connectivity index (χ3v) is 6.02. The van der Waals surface area contributed by atoms with Crippen LogP contribution in [0.1, 0.15) is 15.9 Å². The number of amides is 2. The molecule has 2 amide bonds. The minimum atomic E-state index is -0.238. The summed E-state index contributed by atoms with van der Waals surface area (Å²) in [5, 5.41) is 15.3. The predicted octanol–water partition coefficient (Wildman–Crippen LogP) is 5.53. The van der Waals surface area contributed by atoms with Crippen molar-refractivity contribution in [1.29, 1.82) is 0 Å². The van der Waals surface area contributed by atoms with Crippen LogP contribution >= 0.6 is 11.6 Å². The number of hydrogen-bond donors (Lipinski definition) is 5. The topological polar surface area (TPSA) is 129 Å². The molecule has 0 aliphatic carbocycles. The first-order valence-corrected chi connectivity index (χ1v) is 12.6. The van der Waals surface area contributed by atoms with Crippen LogP contribution in [0.3, 0.4) is 0 Å². The van der Waals surface area contributed by atoms with E-state index in [0.717, 1.165) is 16.9 Å². The van der Waals surface area contributed by atoms with Gasteiger partial charge in [-0.05, 0) is 48.0 Å². The highest BCUT2D eigenvalue weighted by Gasteiger charge is 2.14. The van der Waals surface area contributed by atoms with Crippen molar-refractivity contribution < 1.29 is 14.3 Å². The van der Waals surface area contributed by atoms with Gasteiger partial charge in [-0.2, -0.15) is 4.98 Å². The SMILES string of the molecule is C=CC(=O)NCc1ccc(Nc2ccc(Nc3ncc(Cl)c(Nc4ccccc4C(=O)NC)n3)c(OC)c2)cc1. The van der Waals surface area contributed by atoms with Gasteiger partial charge < -0.3 is 31.3 Å². The molecular formula is C29H28ClN7O3. The average molecular weight is 558 g/mol. The number of methoxy groups -OCH3 is 1. The first-order chi connectivity index (χ1) is 19.4. The molecule has 0 saturated heterocycles. The Morgan fingerprint density at radius 3 is 2.45 bits per heavy atom. The number of carbonyl (C=O) groups excluding carboxylic acids is 2. The molecule has 0 fully saturated rings. The predicted molar refractivity (Wildman–Crippen MR) is 158 cm³/mol. The second-order valence-corrected chi connectivity index (χ2v) is 8.83. The third-order valence-electron chi connectivity index (χ3n) is 5.74. The lowest BCUT2D eigenvalue weighted by Gasteiger charge is -2.15. The van der Waals surface area contributed by atoms with Crippen LogP contribution < -0.4 is 31.3 Å². The maximum atomic E-state index is 12.2. The molecule has 3 aromatic carbocycles. The summed E-state index contributed by atoms with van der Waals surface area (Å²) in [6, 6.07) is 20.3. The fourth-order valence-corrected chi connectivity index (χ4v) is 3.83. The molecule has 0 radical (unpaired) electrons. The zero-order valence-corrected chi connectivity index (χ0v) is 22.7. The Morgan fingerprint density at radius 2 is 1.73 bits per heavy atom. The number of carbonyl (C=O) groups is 2. The number of halogens is 1. The van der Waals surface area contributed by atoms with Crippen LogP contribution in [0.4, 0.5) is 34.5 Å². The quantitative estimate of drug-likeness (QED) is 0.152. The van der Waals surface area contributed by atoms with E-state index < -0.39 is 0 Å². The fraction of sp³-hybridized carbons (Fsp3) is 0.103. The van der Waals surface area contributed by atoms with E-state index in [1.165, 1.54) is 12.3 Å². The van der Waals surface area contributed by atoms with Crippen LogP contribution in [0.15, 0.2) is 85.6 Å². The summed E-state index contributed by atoms with van der Waals surface area (Å²) in [4.78, 5) is 32.4. The Balaban J connectivity index is 1.47. The van der Waals surface area contributed by atoms with Crippen LogP contribution in [-0.4, -0.2) is 35.9 Å². The van der Waals surface area contributed by atoms with E-state index in [1.54, 1.807) is 32.4 Å². The molecule has 10 nitrogen and oxygen atoms in total. The van der Waals surface area contributed by atoms with Crippen molar-refractivity contribution in [2.45, 2.75) is 6.54 Å². The fourth-order valence-electron chi connectivity index (χ4n) is 3.69. The molecule has 204 valence electrons. The van der Waals surface area contributed by atoms with Gasteiger partial charge in [0, 0.05) is 31.0 Å². The molecule has 0 aliphatic rings. The number of aromatic nitrogens is 2. The van der Waals surface area contributed by atoms with E-state index >= 15 is 0 Å². The molecule has 40 heavy (non-hydrogen) atoms. The lowest BCUT2D eigenvalue weighted by Crippen LogP contribution is -2.19. The molecule has 0 atom stereocenters. The van der Waals surface area contributed by atoms with Crippen molar-refractivity contribution in [3.8, 4) is 5.75 Å². The van der Waals surface area contributed by atoms with Crippen molar-refractivity contribution in [2.75, 3.05) is 30.1 Å². The Bertz CT molecular complexity index is 1530. The summed E-state index contributed by atoms with van der Waals surface area (Å²) in [6.07, 6.45) is 2.71. The minimum Gasteiger partial charge on any atom is -0.494 e. The van der Waals surface area contributed by atoms with Gasteiger partial charge in [0.15, 0.2) is 5.82 Å². The van der Waals surface area contributed by atoms with Gasteiger partial charge in [0.2, 0.25) is 11.9 Å². The second kappa shape index (κ2) is 13.1. The van der Waals surface area contributed by atoms with Crippen LogP contribution in [-0.2, 0) is 11.3 Å². The van der Waals surface area contributed by atoms with Gasteiger partial charge in [0.25, 0.3) is 5.91 Å². The summed E-state index contributed by atoms with van der Waals surface area (Å²) >= 11 is 6.35. The van der Waals surface area contributed by atoms with Crippen molar-refractivity contribution >= 4 is 57.9 Å². The van der Waals surface area contributed by atoms with Crippen LogP contribution in [0, 0.1) is 0 Å². The largest absolute Gasteiger partial charge is 0.494 e. The average Bonchev–Trinajstić information content (AvgIpc) is 2.98. The summed E-state index contributed by atoms with van der Waals surface area (Å²) in [5.74, 6) is 0.721. The van der Waals surface area contributed by atoms with Crippen molar-refractivity contribution in [1.82, 2.24) is 20.6 Å². The van der Waals surface area contributed by atoms with Crippen molar-refractivity contribution in [2.24, 2.45) is 0 Å². The molecular weight excluding hydrogens is 530 g/mol. The number of anilines is 6. The summed E-state index contributed by atoms with van der Waals surface area (Å²) in [6.45, 7) is 3.87. The number of benzene rings is 3. The van der Waals surface area contributed by atoms with Gasteiger partial charge in [0.1, 0.15) is 10.8 Å². The molecule has 1 heterocycles. The van der Waals surface area contributed by atoms with Gasteiger partial charge in [-0.1, -0.05) is 42.4 Å². The molecule has 0 unspecified atom stereocenters. The molecule has 0 saturated carbocycles. The van der Waals surface area contributed by atoms with E-state index in [1.807, 2.05) is 48.5 Å². The van der Waals surface area contributed by atoms with E-state index in [0.29, 0.717) is 35.1 Å². The van der Waals surface area contributed by atoms with E-state index in [-0.39, 0.29) is 22.8 Å². The maximum absolute atomic E-state index is 12.2. The van der Waals surface area contributed by atoms with Gasteiger partial charge >= 0.3 is 0 Å². The van der Waals surface area contributed by atoms with Crippen LogP contribution in [0.25, 0.3) is 0 Å². The van der Waals surface area contributed by atoms with Crippen molar-refractivity contribution in [3.05, 3.63) is 102 Å². The molecule has 0 spiro atoms. The normalized spacial score (nSPS) is 10.3. The van der Waals surface area contributed by atoms with E-state index in [2.05, 4.69) is 43.1 Å². The first kappa shape index (κ1) is 27.9. The molecule has 5 N–H and O–H groups in total. The zero-order chi connectivity index (χ0) is 28.5. The summed E-state index contributed by atoms with van der Waals surface area (Å²) in [5.41, 5.74) is 4.28. The lowest BCUT2D eigenvalue weighted by atomic mass is 10.1. The first-order valence-electron chi connectivity index (χ1n) is 12.2. The monoisotopic (exact) mass is 557 g/mol. The highest BCUT2D eigenvalue weighted by Crippen LogP contribution is 2.32. The molecule has 0 bridgehead atoms. The Labute approximate surface area is 236 Å². The number of rotatable bonds is 11. The van der Waals surface area contributed by atoms with Crippen molar-refractivity contribution in [3.63, 3.8) is 0 Å². The van der Waals surface area contributed by atoms with E-state index in [9.17, 15) is 9.59 Å². The Hall–Kier alpha value is -5.09. The molecule has 0 aliphatic heterocycles. The second-order valence-electron chi connectivity index (χ2n) is 8.42. The molecule has 4 rings (SSSR count). The third kappa shape index (κ3) is 7.06. The Kier molecular flexibility index (Phi) is 9.16. The number of nitrogens with one attached hydrogen (secondary N) is 5. The standard InChI is InChI=1S/C29H28ClN7O3/c1-4-26(38)32-16-18-9-11-19(12-10-18)34-20-13-14-24(25(15-20)40-3)36-29-33-17-22(30)27(37-29)35-23-8-6-5-7-21(23)28(39)31-2/h4-15,17,34H,1,16H2,2-3H3,(H,31,39)(H,32,38)(H2,33,35,36,37). The number of nitrogens with zero attached hydrogens (tertiary/aromatic N) is 2. The maximum Gasteiger partial charge on any atom is 0.253 e. The molecule has 11 heteroatoms. The summed E-state index contributed by atoms with van der Waals surface area (Å²) in [7, 11) is 3.14. The smallest absolute Gasteiger partial charge is 0.253 e. The number of ether oxygens (including phenoxy) is 1. The number of para-hydroxylation sites is 1. The highest BCUT2D eigenvalue weighted by molar-refractivity contribution is 6.33. The lowest BCUT2D eigenvalue weighted by molar-refractivity contribution is -0.116. The van der Waals surface area contributed by atoms with E-state index in [4.69, 9.17) is 16.3 Å². The van der Waals surface area contributed by atoms with Gasteiger partial charge in [-0.3, -0.25) is 9.59 Å².